The van der Waals surface area contributed by atoms with Gasteiger partial charge in [-0.15, -0.1) is 0 Å². The van der Waals surface area contributed by atoms with E-state index in [2.05, 4.69) is 10.6 Å². The lowest BCUT2D eigenvalue weighted by Crippen LogP contribution is -2.41. The highest BCUT2D eigenvalue weighted by atomic mass is 16.3. The quantitative estimate of drug-likeness (QED) is 0.700. The van der Waals surface area contributed by atoms with Crippen LogP contribution < -0.4 is 10.6 Å². The largest absolute Gasteiger partial charge is 0.396 e. The van der Waals surface area contributed by atoms with Gasteiger partial charge in [-0.1, -0.05) is 32.3 Å². The van der Waals surface area contributed by atoms with Crippen LogP contribution in [-0.4, -0.2) is 36.1 Å². The zero-order valence-corrected chi connectivity index (χ0v) is 14.4. The van der Waals surface area contributed by atoms with Crippen molar-refractivity contribution in [3.8, 4) is 0 Å². The zero-order chi connectivity index (χ0) is 17.4. The Kier molecular flexibility index (Phi) is 7.25. The Morgan fingerprint density at radius 2 is 1.83 bits per heavy atom. The maximum Gasteiger partial charge on any atom is 0.251 e. The lowest BCUT2D eigenvalue weighted by Gasteiger charge is -2.24. The predicted molar refractivity (Wildman–Crippen MR) is 94.0 cm³/mol. The molecule has 1 aromatic rings. The first-order chi connectivity index (χ1) is 11.7. The molecule has 5 nitrogen and oxygen atoms in total. The minimum atomic E-state index is -0.175. The predicted octanol–water partition coefficient (Wildman–Crippen LogP) is 2.50. The zero-order valence-electron chi connectivity index (χ0n) is 14.4. The molecule has 1 aliphatic rings. The summed E-state index contributed by atoms with van der Waals surface area (Å²) in [5.41, 5.74) is 0.982. The number of hydrogen-bond donors (Lipinski definition) is 3. The molecule has 1 saturated carbocycles. The summed E-state index contributed by atoms with van der Waals surface area (Å²) in [6.07, 6.45) is 6.03. The molecule has 0 spiro atoms. The minimum absolute atomic E-state index is 0.00238. The van der Waals surface area contributed by atoms with Crippen LogP contribution in [0.15, 0.2) is 24.3 Å². The molecule has 0 aliphatic heterocycles. The van der Waals surface area contributed by atoms with Gasteiger partial charge in [0, 0.05) is 36.2 Å². The number of carbonyl (C=O) groups excluding carboxylic acids is 2. The van der Waals surface area contributed by atoms with Crippen LogP contribution in [-0.2, 0) is 0 Å². The average Bonchev–Trinajstić information content (AvgIpc) is 2.84. The van der Waals surface area contributed by atoms with Gasteiger partial charge in [0.1, 0.15) is 0 Å². The van der Waals surface area contributed by atoms with E-state index in [1.807, 2.05) is 6.92 Å². The van der Waals surface area contributed by atoms with Crippen LogP contribution in [0.25, 0.3) is 0 Å². The van der Waals surface area contributed by atoms with E-state index < -0.39 is 0 Å². The Morgan fingerprint density at radius 3 is 2.54 bits per heavy atom. The molecular formula is C19H28N2O3. The molecule has 0 bridgehead atoms. The van der Waals surface area contributed by atoms with Gasteiger partial charge in [0.05, 0.1) is 0 Å². The van der Waals surface area contributed by atoms with E-state index in [1.165, 1.54) is 0 Å². The molecule has 132 valence electrons. The third-order valence-corrected chi connectivity index (χ3v) is 4.63. The maximum absolute atomic E-state index is 12.6. The fourth-order valence-corrected chi connectivity index (χ4v) is 3.19. The van der Waals surface area contributed by atoms with Crippen molar-refractivity contribution in [3.05, 3.63) is 35.4 Å². The summed E-state index contributed by atoms with van der Waals surface area (Å²) in [5, 5.41) is 15.4. The SMILES string of the molecule is CCCNC(=O)c1cccc(C(=O)NC2CCCCCC2CO)c1. The van der Waals surface area contributed by atoms with Gasteiger partial charge in [-0.3, -0.25) is 9.59 Å². The molecule has 5 heteroatoms. The van der Waals surface area contributed by atoms with Gasteiger partial charge in [0.2, 0.25) is 0 Å². The molecule has 0 heterocycles. The maximum atomic E-state index is 12.6. The molecule has 2 amide bonds. The molecule has 2 unspecified atom stereocenters. The molecule has 0 radical (unpaired) electrons. The topological polar surface area (TPSA) is 78.4 Å². The summed E-state index contributed by atoms with van der Waals surface area (Å²) in [6.45, 7) is 2.72. The summed E-state index contributed by atoms with van der Waals surface area (Å²) in [5.74, 6) is -0.216. The molecule has 2 rings (SSSR count). The van der Waals surface area contributed by atoms with Crippen LogP contribution in [0.4, 0.5) is 0 Å². The van der Waals surface area contributed by atoms with Crippen LogP contribution in [0.2, 0.25) is 0 Å². The molecule has 3 N–H and O–H groups in total. The van der Waals surface area contributed by atoms with Crippen LogP contribution in [0.1, 0.15) is 66.2 Å². The van der Waals surface area contributed by atoms with E-state index >= 15 is 0 Å². The van der Waals surface area contributed by atoms with E-state index in [4.69, 9.17) is 0 Å². The molecule has 24 heavy (non-hydrogen) atoms. The number of aliphatic hydroxyl groups excluding tert-OH is 1. The number of amides is 2. The number of carbonyl (C=O) groups is 2. The second-order valence-corrected chi connectivity index (χ2v) is 6.50. The Balaban J connectivity index is 2.04. The van der Waals surface area contributed by atoms with Crippen molar-refractivity contribution in [2.45, 2.75) is 51.5 Å². The number of aliphatic hydroxyl groups is 1. The first-order valence-electron chi connectivity index (χ1n) is 8.95. The van der Waals surface area contributed by atoms with Gasteiger partial charge >= 0.3 is 0 Å². The van der Waals surface area contributed by atoms with Gasteiger partial charge in [-0.25, -0.2) is 0 Å². The average molecular weight is 332 g/mol. The van der Waals surface area contributed by atoms with Crippen molar-refractivity contribution in [2.24, 2.45) is 5.92 Å². The van der Waals surface area contributed by atoms with Crippen LogP contribution >= 0.6 is 0 Å². The number of nitrogens with one attached hydrogen (secondary N) is 2. The van der Waals surface area contributed by atoms with Crippen molar-refractivity contribution in [3.63, 3.8) is 0 Å². The monoisotopic (exact) mass is 332 g/mol. The van der Waals surface area contributed by atoms with Gasteiger partial charge in [0.15, 0.2) is 0 Å². The summed E-state index contributed by atoms with van der Waals surface area (Å²) >= 11 is 0. The fourth-order valence-electron chi connectivity index (χ4n) is 3.19. The molecular weight excluding hydrogens is 304 g/mol. The smallest absolute Gasteiger partial charge is 0.251 e. The summed E-state index contributed by atoms with van der Waals surface area (Å²) in [6, 6.07) is 6.79. The Bertz CT molecular complexity index is 559. The summed E-state index contributed by atoms with van der Waals surface area (Å²) in [7, 11) is 0. The second-order valence-electron chi connectivity index (χ2n) is 6.50. The lowest BCUT2D eigenvalue weighted by atomic mass is 9.95. The van der Waals surface area contributed by atoms with Gasteiger partial charge in [-0.2, -0.15) is 0 Å². The van der Waals surface area contributed by atoms with Crippen LogP contribution in [0, 0.1) is 5.92 Å². The van der Waals surface area contributed by atoms with Crippen molar-refractivity contribution in [1.29, 1.82) is 0 Å². The molecule has 0 aromatic heterocycles. The van der Waals surface area contributed by atoms with E-state index in [0.29, 0.717) is 17.7 Å². The first-order valence-corrected chi connectivity index (χ1v) is 8.95. The van der Waals surface area contributed by atoms with Gasteiger partial charge in [0.25, 0.3) is 11.8 Å². The Labute approximate surface area is 143 Å². The van der Waals surface area contributed by atoms with Crippen molar-refractivity contribution < 1.29 is 14.7 Å². The highest BCUT2D eigenvalue weighted by Crippen LogP contribution is 2.23. The van der Waals surface area contributed by atoms with Gasteiger partial charge in [-0.05, 0) is 37.5 Å². The molecule has 1 fully saturated rings. The Hall–Kier alpha value is -1.88. The van der Waals surface area contributed by atoms with E-state index in [-0.39, 0.29) is 30.4 Å². The summed E-state index contributed by atoms with van der Waals surface area (Å²) in [4.78, 5) is 24.6. The minimum Gasteiger partial charge on any atom is -0.396 e. The van der Waals surface area contributed by atoms with E-state index in [9.17, 15) is 14.7 Å². The molecule has 2 atom stereocenters. The lowest BCUT2D eigenvalue weighted by molar-refractivity contribution is 0.0899. The van der Waals surface area contributed by atoms with Gasteiger partial charge < -0.3 is 15.7 Å². The first kappa shape index (κ1) is 18.5. The number of hydrogen-bond acceptors (Lipinski definition) is 3. The third kappa shape index (κ3) is 5.06. The normalized spacial score (nSPS) is 20.9. The van der Waals surface area contributed by atoms with Crippen LogP contribution in [0.3, 0.4) is 0 Å². The van der Waals surface area contributed by atoms with Crippen molar-refractivity contribution in [1.82, 2.24) is 10.6 Å². The second kappa shape index (κ2) is 9.42. The van der Waals surface area contributed by atoms with Crippen molar-refractivity contribution in [2.75, 3.05) is 13.2 Å². The molecule has 1 aliphatic carbocycles. The van der Waals surface area contributed by atoms with E-state index in [1.54, 1.807) is 24.3 Å². The fraction of sp³-hybridized carbons (Fsp3) is 0.579. The third-order valence-electron chi connectivity index (χ3n) is 4.63. The number of benzene rings is 1. The van der Waals surface area contributed by atoms with E-state index in [0.717, 1.165) is 38.5 Å². The standard InChI is InChI=1S/C19H28N2O3/c1-2-11-20-18(23)14-8-6-9-15(12-14)19(24)21-17-10-5-3-4-7-16(17)13-22/h6,8-9,12,16-17,22H,2-5,7,10-11,13H2,1H3,(H,20,23)(H,21,24). The molecule has 1 aromatic carbocycles. The summed E-state index contributed by atoms with van der Waals surface area (Å²) < 4.78 is 0. The number of rotatable bonds is 6. The highest BCUT2D eigenvalue weighted by Gasteiger charge is 2.25. The van der Waals surface area contributed by atoms with Crippen molar-refractivity contribution >= 4 is 11.8 Å². The van der Waals surface area contributed by atoms with Crippen LogP contribution in [0.5, 0.6) is 0 Å². The highest BCUT2D eigenvalue weighted by molar-refractivity contribution is 5.99. The Morgan fingerprint density at radius 1 is 1.12 bits per heavy atom. The molecule has 0 saturated heterocycles.